The second-order valence-corrected chi connectivity index (χ2v) is 9.42. The molecule has 1 aromatic carbocycles. The summed E-state index contributed by atoms with van der Waals surface area (Å²) in [4.78, 5) is 32.2. The van der Waals surface area contributed by atoms with Gasteiger partial charge in [-0.1, -0.05) is 28.1 Å². The van der Waals surface area contributed by atoms with Crippen LogP contribution in [0.4, 0.5) is 4.79 Å². The number of aromatic nitrogens is 2. The molecule has 1 amide bonds. The molecule has 0 radical (unpaired) electrons. The van der Waals surface area contributed by atoms with E-state index in [1.807, 2.05) is 57.2 Å². The molecule has 0 N–H and O–H groups in total. The Hall–Kier alpha value is -2.67. The van der Waals surface area contributed by atoms with Gasteiger partial charge < -0.3 is 9.64 Å². The maximum Gasteiger partial charge on any atom is 0.410 e. The highest BCUT2D eigenvalue weighted by atomic mass is 79.9. The van der Waals surface area contributed by atoms with Gasteiger partial charge in [-0.3, -0.25) is 9.36 Å². The normalized spacial score (nSPS) is 13.9. The van der Waals surface area contributed by atoms with E-state index in [2.05, 4.69) is 20.9 Å². The van der Waals surface area contributed by atoms with E-state index < -0.39 is 11.7 Å². The molecule has 0 spiro atoms. The Balaban J connectivity index is 1.77. The van der Waals surface area contributed by atoms with E-state index in [4.69, 9.17) is 4.74 Å². The van der Waals surface area contributed by atoms with Crippen LogP contribution < -0.4 is 5.56 Å². The Kier molecular flexibility index (Phi) is 5.40. The van der Waals surface area contributed by atoms with Crippen molar-refractivity contribution in [3.05, 3.63) is 74.1 Å². The predicted octanol–water partition coefficient (Wildman–Crippen LogP) is 4.50. The highest BCUT2D eigenvalue weighted by molar-refractivity contribution is 9.10. The number of hydrogen-bond acceptors (Lipinski definition) is 4. The van der Waals surface area contributed by atoms with Crippen LogP contribution in [0.1, 0.15) is 37.5 Å². The van der Waals surface area contributed by atoms with Gasteiger partial charge in [0.2, 0.25) is 0 Å². The van der Waals surface area contributed by atoms with Crippen molar-refractivity contribution in [2.45, 2.75) is 45.9 Å². The molecule has 1 aliphatic heterocycles. The number of pyridine rings is 2. The molecule has 6 nitrogen and oxygen atoms in total. The van der Waals surface area contributed by atoms with Crippen LogP contribution in [0.15, 0.2) is 51.9 Å². The van der Waals surface area contributed by atoms with Crippen molar-refractivity contribution in [1.82, 2.24) is 14.5 Å². The first kappa shape index (κ1) is 20.6. The first-order chi connectivity index (χ1) is 14.2. The molecular formula is C23H24BrN3O3. The van der Waals surface area contributed by atoms with Gasteiger partial charge in [0, 0.05) is 28.2 Å². The number of halogens is 1. The number of carbonyl (C=O) groups excluding carboxylic acids is 1. The molecule has 0 saturated carbocycles. The molecule has 1 aliphatic rings. The van der Waals surface area contributed by atoms with E-state index in [-0.39, 0.29) is 12.1 Å². The fourth-order valence-corrected chi connectivity index (χ4v) is 4.03. The van der Waals surface area contributed by atoms with Crippen molar-refractivity contribution in [3.63, 3.8) is 0 Å². The molecule has 0 bridgehead atoms. The largest absolute Gasteiger partial charge is 0.444 e. The topological polar surface area (TPSA) is 64.4 Å². The molecule has 156 valence electrons. The van der Waals surface area contributed by atoms with E-state index in [0.29, 0.717) is 30.7 Å². The van der Waals surface area contributed by atoms with Crippen molar-refractivity contribution in [3.8, 4) is 0 Å². The fraction of sp³-hybridized carbons (Fsp3) is 0.348. The molecule has 4 rings (SSSR count). The minimum Gasteiger partial charge on any atom is -0.444 e. The van der Waals surface area contributed by atoms with Crippen molar-refractivity contribution in [1.29, 1.82) is 0 Å². The first-order valence-corrected chi connectivity index (χ1v) is 10.7. The highest BCUT2D eigenvalue weighted by Gasteiger charge is 2.29. The standard InChI is InChI=1S/C23H24BrN3O3/c1-23(2,3)30-22(29)26-12-10-17-18-5-4-11-25-20(18)27(21(28)19(17)14-26)13-15-6-8-16(24)9-7-15/h4-9,11H,10,12-14H2,1-3H3. The van der Waals surface area contributed by atoms with Crippen LogP contribution in [0.5, 0.6) is 0 Å². The van der Waals surface area contributed by atoms with Crippen LogP contribution in [0.2, 0.25) is 0 Å². The zero-order valence-corrected chi connectivity index (χ0v) is 18.9. The third kappa shape index (κ3) is 4.12. The molecule has 0 aliphatic carbocycles. The minimum absolute atomic E-state index is 0.104. The maximum absolute atomic E-state index is 13.5. The van der Waals surface area contributed by atoms with Gasteiger partial charge in [-0.15, -0.1) is 0 Å². The Morgan fingerprint density at radius 3 is 2.60 bits per heavy atom. The van der Waals surface area contributed by atoms with E-state index >= 15 is 0 Å². The predicted molar refractivity (Wildman–Crippen MR) is 120 cm³/mol. The van der Waals surface area contributed by atoms with Gasteiger partial charge in [0.15, 0.2) is 0 Å². The highest BCUT2D eigenvalue weighted by Crippen LogP contribution is 2.26. The summed E-state index contributed by atoms with van der Waals surface area (Å²) in [5.74, 6) is 0. The second-order valence-electron chi connectivity index (χ2n) is 8.50. The molecule has 0 saturated heterocycles. The summed E-state index contributed by atoms with van der Waals surface area (Å²) >= 11 is 3.44. The Labute approximate surface area is 183 Å². The molecule has 30 heavy (non-hydrogen) atoms. The monoisotopic (exact) mass is 469 g/mol. The summed E-state index contributed by atoms with van der Waals surface area (Å²) in [6.45, 7) is 6.70. The first-order valence-electron chi connectivity index (χ1n) is 9.94. The number of amides is 1. The summed E-state index contributed by atoms with van der Waals surface area (Å²) < 4.78 is 8.21. The van der Waals surface area contributed by atoms with Gasteiger partial charge in [0.25, 0.3) is 5.56 Å². The number of hydrogen-bond donors (Lipinski definition) is 0. The number of ether oxygens (including phenoxy) is 1. The summed E-state index contributed by atoms with van der Waals surface area (Å²) in [5.41, 5.74) is 2.63. The van der Waals surface area contributed by atoms with E-state index in [9.17, 15) is 9.59 Å². The quantitative estimate of drug-likeness (QED) is 0.554. The molecule has 2 aromatic heterocycles. The van der Waals surface area contributed by atoms with Gasteiger partial charge in [-0.2, -0.15) is 0 Å². The van der Waals surface area contributed by atoms with Crippen molar-refractivity contribution < 1.29 is 9.53 Å². The molecular weight excluding hydrogens is 446 g/mol. The zero-order valence-electron chi connectivity index (χ0n) is 17.3. The van der Waals surface area contributed by atoms with Crippen molar-refractivity contribution >= 4 is 33.1 Å². The molecule has 3 aromatic rings. The van der Waals surface area contributed by atoms with Gasteiger partial charge in [-0.05, 0) is 62.6 Å². The summed E-state index contributed by atoms with van der Waals surface area (Å²) in [6.07, 6.45) is 1.92. The minimum atomic E-state index is -0.577. The van der Waals surface area contributed by atoms with Crippen LogP contribution in [-0.2, 0) is 24.2 Å². The van der Waals surface area contributed by atoms with E-state index in [1.165, 1.54) is 0 Å². The number of carbonyl (C=O) groups is 1. The Morgan fingerprint density at radius 1 is 1.17 bits per heavy atom. The SMILES string of the molecule is CC(C)(C)OC(=O)N1CCc2c(c(=O)n(Cc3ccc(Br)cc3)c3ncccc23)C1. The van der Waals surface area contributed by atoms with E-state index in [0.717, 1.165) is 21.0 Å². The summed E-state index contributed by atoms with van der Waals surface area (Å²) in [5, 5.41) is 0.966. The van der Waals surface area contributed by atoms with E-state index in [1.54, 1.807) is 15.7 Å². The third-order valence-corrected chi connectivity index (χ3v) is 5.65. The summed E-state index contributed by atoms with van der Waals surface area (Å²) in [7, 11) is 0. The summed E-state index contributed by atoms with van der Waals surface area (Å²) in [6, 6.07) is 11.8. The fourth-order valence-electron chi connectivity index (χ4n) is 3.77. The second kappa shape index (κ2) is 7.87. The van der Waals surface area contributed by atoms with Crippen molar-refractivity contribution in [2.75, 3.05) is 6.54 Å². The van der Waals surface area contributed by atoms with Crippen LogP contribution in [0, 0.1) is 0 Å². The Morgan fingerprint density at radius 2 is 1.90 bits per heavy atom. The lowest BCUT2D eigenvalue weighted by Gasteiger charge is -2.31. The van der Waals surface area contributed by atoms with Gasteiger partial charge in [0.1, 0.15) is 11.2 Å². The number of fused-ring (bicyclic) bond motifs is 3. The van der Waals surface area contributed by atoms with Crippen molar-refractivity contribution in [2.24, 2.45) is 0 Å². The number of nitrogens with zero attached hydrogens (tertiary/aromatic N) is 3. The smallest absolute Gasteiger partial charge is 0.410 e. The molecule has 0 unspecified atom stereocenters. The van der Waals surface area contributed by atoms with Crippen LogP contribution in [-0.4, -0.2) is 32.7 Å². The average molecular weight is 470 g/mol. The lowest BCUT2D eigenvalue weighted by Crippen LogP contribution is -2.43. The molecule has 0 fully saturated rings. The lowest BCUT2D eigenvalue weighted by atomic mass is 9.97. The van der Waals surface area contributed by atoms with Gasteiger partial charge in [-0.25, -0.2) is 9.78 Å². The zero-order chi connectivity index (χ0) is 21.5. The molecule has 3 heterocycles. The Bertz CT molecular complexity index is 1160. The van der Waals surface area contributed by atoms with Crippen LogP contribution in [0.25, 0.3) is 11.0 Å². The molecule has 7 heteroatoms. The molecule has 0 atom stereocenters. The third-order valence-electron chi connectivity index (χ3n) is 5.12. The van der Waals surface area contributed by atoms with Crippen LogP contribution in [0.3, 0.4) is 0 Å². The average Bonchev–Trinajstić information content (AvgIpc) is 2.71. The maximum atomic E-state index is 13.5. The van der Waals surface area contributed by atoms with Gasteiger partial charge >= 0.3 is 6.09 Å². The number of rotatable bonds is 2. The van der Waals surface area contributed by atoms with Crippen LogP contribution >= 0.6 is 15.9 Å². The number of benzene rings is 1. The van der Waals surface area contributed by atoms with Gasteiger partial charge in [0.05, 0.1) is 13.1 Å². The lowest BCUT2D eigenvalue weighted by molar-refractivity contribution is 0.0223.